The van der Waals surface area contributed by atoms with Crippen LogP contribution in [0.3, 0.4) is 0 Å². The fraction of sp³-hybridized carbons (Fsp3) is 0.833. The van der Waals surface area contributed by atoms with Crippen molar-refractivity contribution in [2.24, 2.45) is 5.73 Å². The van der Waals surface area contributed by atoms with Crippen LogP contribution in [-0.4, -0.2) is 40.5 Å². The van der Waals surface area contributed by atoms with E-state index in [9.17, 15) is 9.59 Å². The first-order chi connectivity index (χ1) is 8.00. The number of hydrogen-bond acceptors (Lipinski definition) is 3. The normalized spacial score (nSPS) is 18.0. The molecule has 1 amide bonds. The van der Waals surface area contributed by atoms with Crippen molar-refractivity contribution in [3.05, 3.63) is 0 Å². The molecule has 1 saturated carbocycles. The van der Waals surface area contributed by atoms with Crippen molar-refractivity contribution >= 4 is 11.9 Å². The van der Waals surface area contributed by atoms with Gasteiger partial charge < -0.3 is 15.7 Å². The smallest absolute Gasteiger partial charge is 0.323 e. The Morgan fingerprint density at radius 2 is 2.00 bits per heavy atom. The summed E-state index contributed by atoms with van der Waals surface area (Å²) in [4.78, 5) is 24.3. The lowest BCUT2D eigenvalue weighted by Crippen LogP contribution is -2.42. The molecule has 5 heteroatoms. The van der Waals surface area contributed by atoms with Crippen LogP contribution in [0.1, 0.15) is 45.4 Å². The topological polar surface area (TPSA) is 83.6 Å². The van der Waals surface area contributed by atoms with Gasteiger partial charge in [-0.05, 0) is 26.2 Å². The van der Waals surface area contributed by atoms with Crippen LogP contribution in [0.2, 0.25) is 0 Å². The minimum atomic E-state index is -0.939. The van der Waals surface area contributed by atoms with Gasteiger partial charge in [-0.1, -0.05) is 12.8 Å². The van der Waals surface area contributed by atoms with Gasteiger partial charge in [-0.15, -0.1) is 0 Å². The quantitative estimate of drug-likeness (QED) is 0.727. The molecule has 17 heavy (non-hydrogen) atoms. The SMILES string of the molecule is CC(N)CCC(=O)N(CC(=O)O)C1CCCC1. The fourth-order valence-electron chi connectivity index (χ4n) is 2.28. The molecule has 1 unspecified atom stereocenters. The lowest BCUT2D eigenvalue weighted by molar-refractivity contribution is -0.146. The number of amides is 1. The van der Waals surface area contributed by atoms with Crippen LogP contribution < -0.4 is 5.73 Å². The van der Waals surface area contributed by atoms with Crippen molar-refractivity contribution < 1.29 is 14.7 Å². The zero-order chi connectivity index (χ0) is 12.8. The van der Waals surface area contributed by atoms with E-state index in [4.69, 9.17) is 10.8 Å². The van der Waals surface area contributed by atoms with E-state index in [1.54, 1.807) is 0 Å². The number of nitrogens with zero attached hydrogens (tertiary/aromatic N) is 1. The van der Waals surface area contributed by atoms with Crippen LogP contribution in [0.25, 0.3) is 0 Å². The predicted octanol–water partition coefficient (Wildman–Crippen LogP) is 0.970. The highest BCUT2D eigenvalue weighted by Crippen LogP contribution is 2.24. The third-order valence-electron chi connectivity index (χ3n) is 3.20. The number of carboxylic acid groups (broad SMARTS) is 1. The van der Waals surface area contributed by atoms with E-state index in [1.165, 1.54) is 4.90 Å². The molecule has 1 fully saturated rings. The van der Waals surface area contributed by atoms with Gasteiger partial charge in [0.25, 0.3) is 0 Å². The van der Waals surface area contributed by atoms with Crippen molar-refractivity contribution in [3.63, 3.8) is 0 Å². The fourth-order valence-corrected chi connectivity index (χ4v) is 2.28. The Hall–Kier alpha value is -1.10. The molecule has 0 saturated heterocycles. The molecule has 0 spiro atoms. The number of carbonyl (C=O) groups excluding carboxylic acids is 1. The molecular weight excluding hydrogens is 220 g/mol. The molecule has 1 aliphatic rings. The molecule has 0 aromatic heterocycles. The van der Waals surface area contributed by atoms with E-state index in [-0.39, 0.29) is 24.5 Å². The van der Waals surface area contributed by atoms with Crippen LogP contribution in [0.5, 0.6) is 0 Å². The minimum Gasteiger partial charge on any atom is -0.480 e. The number of nitrogens with two attached hydrogens (primary N) is 1. The Morgan fingerprint density at radius 1 is 1.41 bits per heavy atom. The van der Waals surface area contributed by atoms with E-state index in [0.29, 0.717) is 12.8 Å². The van der Waals surface area contributed by atoms with E-state index < -0.39 is 5.97 Å². The van der Waals surface area contributed by atoms with Crippen molar-refractivity contribution in [1.82, 2.24) is 4.90 Å². The van der Waals surface area contributed by atoms with Crippen LogP contribution in [0.15, 0.2) is 0 Å². The van der Waals surface area contributed by atoms with Gasteiger partial charge in [-0.2, -0.15) is 0 Å². The molecule has 0 radical (unpaired) electrons. The molecule has 5 nitrogen and oxygen atoms in total. The standard InChI is InChI=1S/C12H22N2O3/c1-9(13)6-7-11(15)14(8-12(16)17)10-4-2-3-5-10/h9-10H,2-8,13H2,1H3,(H,16,17). The van der Waals surface area contributed by atoms with E-state index >= 15 is 0 Å². The molecule has 0 bridgehead atoms. The van der Waals surface area contributed by atoms with Crippen LogP contribution in [-0.2, 0) is 9.59 Å². The Labute approximate surface area is 102 Å². The molecule has 98 valence electrons. The first kappa shape index (κ1) is 14.0. The van der Waals surface area contributed by atoms with Crippen LogP contribution in [0, 0.1) is 0 Å². The summed E-state index contributed by atoms with van der Waals surface area (Å²) < 4.78 is 0. The zero-order valence-electron chi connectivity index (χ0n) is 10.4. The minimum absolute atomic E-state index is 0.0193. The average Bonchev–Trinajstić information content (AvgIpc) is 2.75. The predicted molar refractivity (Wildman–Crippen MR) is 64.5 cm³/mol. The monoisotopic (exact) mass is 242 g/mol. The van der Waals surface area contributed by atoms with Crippen LogP contribution >= 0.6 is 0 Å². The van der Waals surface area contributed by atoms with Crippen LogP contribution in [0.4, 0.5) is 0 Å². The molecule has 0 heterocycles. The summed E-state index contributed by atoms with van der Waals surface area (Å²) >= 11 is 0. The highest BCUT2D eigenvalue weighted by Gasteiger charge is 2.27. The van der Waals surface area contributed by atoms with Crippen molar-refractivity contribution in [1.29, 1.82) is 0 Å². The Kier molecular flexibility index (Phi) is 5.41. The lowest BCUT2D eigenvalue weighted by atomic mass is 10.1. The van der Waals surface area contributed by atoms with Gasteiger partial charge in [0.1, 0.15) is 6.54 Å². The molecule has 0 aromatic rings. The van der Waals surface area contributed by atoms with Crippen molar-refractivity contribution in [2.75, 3.05) is 6.54 Å². The van der Waals surface area contributed by atoms with Gasteiger partial charge in [0.15, 0.2) is 0 Å². The summed E-state index contributed by atoms with van der Waals surface area (Å²) in [5.41, 5.74) is 5.61. The van der Waals surface area contributed by atoms with Crippen molar-refractivity contribution in [2.45, 2.75) is 57.5 Å². The molecule has 3 N–H and O–H groups in total. The summed E-state index contributed by atoms with van der Waals surface area (Å²) in [6.45, 7) is 1.67. The number of carboxylic acids is 1. The molecule has 0 aromatic carbocycles. The molecule has 0 aliphatic heterocycles. The number of aliphatic carboxylic acids is 1. The van der Waals surface area contributed by atoms with E-state index in [0.717, 1.165) is 25.7 Å². The number of rotatable bonds is 6. The van der Waals surface area contributed by atoms with Gasteiger partial charge in [0.2, 0.25) is 5.91 Å². The second-order valence-electron chi connectivity index (χ2n) is 4.87. The maximum atomic E-state index is 12.0. The van der Waals surface area contributed by atoms with Gasteiger partial charge in [0, 0.05) is 18.5 Å². The largest absolute Gasteiger partial charge is 0.480 e. The maximum Gasteiger partial charge on any atom is 0.323 e. The van der Waals surface area contributed by atoms with Gasteiger partial charge >= 0.3 is 5.97 Å². The van der Waals surface area contributed by atoms with Gasteiger partial charge in [-0.3, -0.25) is 9.59 Å². The molecule has 1 rings (SSSR count). The summed E-state index contributed by atoms with van der Waals surface area (Å²) in [5.74, 6) is -1.01. The highest BCUT2D eigenvalue weighted by molar-refractivity contribution is 5.81. The van der Waals surface area contributed by atoms with Gasteiger partial charge in [-0.25, -0.2) is 0 Å². The zero-order valence-corrected chi connectivity index (χ0v) is 10.4. The third kappa shape index (κ3) is 4.73. The average molecular weight is 242 g/mol. The Balaban J connectivity index is 2.54. The Morgan fingerprint density at radius 3 is 2.47 bits per heavy atom. The summed E-state index contributed by atoms with van der Waals surface area (Å²) in [7, 11) is 0. The Bertz CT molecular complexity index is 273. The number of hydrogen-bond donors (Lipinski definition) is 2. The summed E-state index contributed by atoms with van der Waals surface area (Å²) in [5, 5.41) is 8.85. The molecular formula is C12H22N2O3. The van der Waals surface area contributed by atoms with E-state index in [1.807, 2.05) is 6.92 Å². The second-order valence-corrected chi connectivity index (χ2v) is 4.87. The molecule has 1 atom stereocenters. The third-order valence-corrected chi connectivity index (χ3v) is 3.20. The number of carbonyl (C=O) groups is 2. The summed E-state index contributed by atoms with van der Waals surface area (Å²) in [6, 6.07) is 0.0980. The molecule has 1 aliphatic carbocycles. The lowest BCUT2D eigenvalue weighted by Gasteiger charge is -2.27. The second kappa shape index (κ2) is 6.59. The van der Waals surface area contributed by atoms with E-state index in [2.05, 4.69) is 0 Å². The first-order valence-corrected chi connectivity index (χ1v) is 6.27. The maximum absolute atomic E-state index is 12.0. The first-order valence-electron chi connectivity index (χ1n) is 6.27. The highest BCUT2D eigenvalue weighted by atomic mass is 16.4. The van der Waals surface area contributed by atoms with Crippen molar-refractivity contribution in [3.8, 4) is 0 Å². The summed E-state index contributed by atoms with van der Waals surface area (Å²) in [6.07, 6.45) is 4.99. The van der Waals surface area contributed by atoms with Gasteiger partial charge in [0.05, 0.1) is 0 Å².